The van der Waals surface area contributed by atoms with Crippen molar-refractivity contribution in [2.24, 2.45) is 11.1 Å². The van der Waals surface area contributed by atoms with Crippen molar-refractivity contribution in [3.05, 3.63) is 111 Å². The number of carbonyl (C=O) groups is 1. The molecule has 0 radical (unpaired) electrons. The molecule has 1 unspecified atom stereocenters. The summed E-state index contributed by atoms with van der Waals surface area (Å²) >= 11 is 0. The van der Waals surface area contributed by atoms with Crippen molar-refractivity contribution in [3.63, 3.8) is 0 Å². The average Bonchev–Trinajstić information content (AvgIpc) is 2.93. The number of carbonyl (C=O) groups excluding carboxylic acids is 1. The number of ether oxygens (including phenoxy) is 2. The summed E-state index contributed by atoms with van der Waals surface area (Å²) < 4.78 is 26.5. The number of para-hydroxylation sites is 1. The number of anilines is 1. The molecule has 6 nitrogen and oxygen atoms in total. The Kier molecular flexibility index (Phi) is 7.35. The lowest BCUT2D eigenvalue weighted by Gasteiger charge is -2.44. The first-order valence-corrected chi connectivity index (χ1v) is 13.6. The van der Waals surface area contributed by atoms with E-state index in [9.17, 15) is 10.1 Å². The Balaban J connectivity index is 1.65. The summed E-state index contributed by atoms with van der Waals surface area (Å²) in [5.41, 5.74) is 11.6. The molecule has 1 aliphatic heterocycles. The van der Waals surface area contributed by atoms with E-state index in [1.165, 1.54) is 6.07 Å². The number of rotatable bonds is 6. The minimum absolute atomic E-state index is 0.0558. The fourth-order valence-electron chi connectivity index (χ4n) is 5.97. The highest BCUT2D eigenvalue weighted by atomic mass is 19.1. The highest BCUT2D eigenvalue weighted by Crippen LogP contribution is 2.51. The minimum Gasteiger partial charge on any atom is -0.497 e. The molecule has 210 valence electrons. The Morgan fingerprint density at radius 2 is 1.76 bits per heavy atom. The number of hydrogen-bond acceptors (Lipinski definition) is 6. The molecule has 2 aliphatic rings. The van der Waals surface area contributed by atoms with Gasteiger partial charge < -0.3 is 15.2 Å². The molecule has 1 atom stereocenters. The van der Waals surface area contributed by atoms with Gasteiger partial charge >= 0.3 is 0 Å². The van der Waals surface area contributed by atoms with Crippen molar-refractivity contribution in [1.29, 1.82) is 5.26 Å². The fourth-order valence-corrected chi connectivity index (χ4v) is 5.97. The maximum atomic E-state index is 15.2. The van der Waals surface area contributed by atoms with Crippen LogP contribution < -0.4 is 20.1 Å². The first-order valence-electron chi connectivity index (χ1n) is 13.6. The van der Waals surface area contributed by atoms with Crippen LogP contribution in [-0.4, -0.2) is 12.9 Å². The first-order chi connectivity index (χ1) is 19.5. The minimum atomic E-state index is -0.666. The molecule has 3 aromatic rings. The Bertz CT molecular complexity index is 1630. The van der Waals surface area contributed by atoms with E-state index in [-0.39, 0.29) is 28.3 Å². The number of hydrogen-bond donors (Lipinski definition) is 1. The molecule has 7 heteroatoms. The second-order valence-corrected chi connectivity index (χ2v) is 11.5. The molecular weight excluding hydrogens is 517 g/mol. The maximum Gasteiger partial charge on any atom is 0.162 e. The Hall–Kier alpha value is -4.57. The van der Waals surface area contributed by atoms with E-state index in [0.29, 0.717) is 36.5 Å². The zero-order valence-corrected chi connectivity index (χ0v) is 24.0. The van der Waals surface area contributed by atoms with E-state index in [1.807, 2.05) is 58.0 Å². The monoisotopic (exact) mass is 551 g/mol. The van der Waals surface area contributed by atoms with Gasteiger partial charge in [0.05, 0.1) is 30.4 Å². The quantitative estimate of drug-likeness (QED) is 0.356. The summed E-state index contributed by atoms with van der Waals surface area (Å²) in [6.45, 7) is 8.31. The van der Waals surface area contributed by atoms with Gasteiger partial charge in [-0.3, -0.25) is 9.69 Å². The number of aryl methyl sites for hydroxylation is 1. The molecule has 2 N–H and O–H groups in total. The van der Waals surface area contributed by atoms with Crippen molar-refractivity contribution >= 4 is 11.5 Å². The van der Waals surface area contributed by atoms with Crippen molar-refractivity contribution in [2.45, 2.75) is 53.1 Å². The number of methoxy groups -OCH3 is 1. The Morgan fingerprint density at radius 3 is 2.41 bits per heavy atom. The van der Waals surface area contributed by atoms with Gasteiger partial charge in [0.25, 0.3) is 0 Å². The molecule has 0 saturated carbocycles. The van der Waals surface area contributed by atoms with E-state index >= 15 is 4.39 Å². The zero-order chi connectivity index (χ0) is 29.5. The molecule has 5 rings (SSSR count). The van der Waals surface area contributed by atoms with E-state index in [2.05, 4.69) is 12.1 Å². The second kappa shape index (κ2) is 10.8. The van der Waals surface area contributed by atoms with Crippen LogP contribution in [0.25, 0.3) is 0 Å². The predicted molar refractivity (Wildman–Crippen MR) is 157 cm³/mol. The predicted octanol–water partition coefficient (Wildman–Crippen LogP) is 6.97. The first kappa shape index (κ1) is 28.0. The van der Waals surface area contributed by atoms with E-state index in [1.54, 1.807) is 30.2 Å². The standard InChI is InChI=1S/C34H34FN3O3/c1-20-14-22(19-41-24-12-10-23(40-5)11-13-24)21(2)25(15-20)31-26(18-36)33(37)38(28-9-7-6-8-27(28)35)29-16-34(3,4)17-30(39)32(29)31/h6-15,31H,16-17,19,37H2,1-5H3. The Labute approximate surface area is 240 Å². The highest BCUT2D eigenvalue weighted by molar-refractivity contribution is 6.01. The average molecular weight is 552 g/mol. The number of nitrogens with zero attached hydrogens (tertiary/aromatic N) is 2. The number of benzene rings is 3. The molecule has 1 heterocycles. The van der Waals surface area contributed by atoms with Gasteiger partial charge in [0.1, 0.15) is 29.7 Å². The molecule has 41 heavy (non-hydrogen) atoms. The molecular formula is C34H34FN3O3. The third-order valence-electron chi connectivity index (χ3n) is 7.94. The molecule has 0 amide bonds. The van der Waals surface area contributed by atoms with Crippen LogP contribution >= 0.6 is 0 Å². The third-order valence-corrected chi connectivity index (χ3v) is 7.94. The van der Waals surface area contributed by atoms with Crippen LogP contribution in [-0.2, 0) is 11.4 Å². The lowest BCUT2D eigenvalue weighted by molar-refractivity contribution is -0.118. The van der Waals surface area contributed by atoms with E-state index in [0.717, 1.165) is 28.0 Å². The smallest absolute Gasteiger partial charge is 0.162 e. The maximum absolute atomic E-state index is 15.2. The molecule has 3 aromatic carbocycles. The van der Waals surface area contributed by atoms with Crippen LogP contribution in [0.5, 0.6) is 11.5 Å². The van der Waals surface area contributed by atoms with Gasteiger partial charge in [-0.05, 0) is 78.8 Å². The molecule has 0 aromatic heterocycles. The van der Waals surface area contributed by atoms with Crippen molar-refractivity contribution in [2.75, 3.05) is 12.0 Å². The summed E-state index contributed by atoms with van der Waals surface area (Å²) in [6.07, 6.45) is 0.834. The summed E-state index contributed by atoms with van der Waals surface area (Å²) in [5.74, 6) is 0.386. The van der Waals surface area contributed by atoms with Crippen LogP contribution in [0, 0.1) is 36.4 Å². The van der Waals surface area contributed by atoms with Gasteiger partial charge in [-0.1, -0.05) is 43.7 Å². The topological polar surface area (TPSA) is 88.6 Å². The van der Waals surface area contributed by atoms with Gasteiger partial charge in [0.2, 0.25) is 0 Å². The summed E-state index contributed by atoms with van der Waals surface area (Å²) in [7, 11) is 1.62. The fraction of sp³-hybridized carbons (Fsp3) is 0.294. The van der Waals surface area contributed by atoms with Gasteiger partial charge in [0.15, 0.2) is 5.78 Å². The van der Waals surface area contributed by atoms with Gasteiger partial charge in [-0.25, -0.2) is 4.39 Å². The van der Waals surface area contributed by atoms with E-state index < -0.39 is 11.7 Å². The highest BCUT2D eigenvalue weighted by Gasteiger charge is 2.45. The molecule has 0 fully saturated rings. The number of Topliss-reactive ketones (excluding diaryl/α,β-unsaturated/α-hetero) is 1. The number of nitrogens with two attached hydrogens (primary N) is 1. The summed E-state index contributed by atoms with van der Waals surface area (Å²) in [6, 6.07) is 20.0. The van der Waals surface area contributed by atoms with Gasteiger partial charge in [-0.2, -0.15) is 5.26 Å². The van der Waals surface area contributed by atoms with Crippen LogP contribution in [0.15, 0.2) is 83.3 Å². The zero-order valence-electron chi connectivity index (χ0n) is 24.0. The summed E-state index contributed by atoms with van der Waals surface area (Å²) in [5, 5.41) is 10.5. The van der Waals surface area contributed by atoms with Crippen LogP contribution in [0.3, 0.4) is 0 Å². The Morgan fingerprint density at radius 1 is 1.07 bits per heavy atom. The number of ketones is 1. The normalized spacial score (nSPS) is 18.2. The van der Waals surface area contributed by atoms with Crippen LogP contribution in [0.4, 0.5) is 10.1 Å². The number of halogens is 1. The summed E-state index contributed by atoms with van der Waals surface area (Å²) in [4.78, 5) is 15.5. The number of nitriles is 1. The molecule has 0 saturated heterocycles. The third kappa shape index (κ3) is 5.18. The molecule has 0 spiro atoms. The van der Waals surface area contributed by atoms with E-state index in [4.69, 9.17) is 15.2 Å². The lowest BCUT2D eigenvalue weighted by atomic mass is 9.68. The largest absolute Gasteiger partial charge is 0.497 e. The van der Waals surface area contributed by atoms with Crippen molar-refractivity contribution < 1.29 is 18.7 Å². The molecule has 0 bridgehead atoms. The van der Waals surface area contributed by atoms with Crippen molar-refractivity contribution in [1.82, 2.24) is 0 Å². The lowest BCUT2D eigenvalue weighted by Crippen LogP contribution is -2.42. The second-order valence-electron chi connectivity index (χ2n) is 11.5. The molecule has 1 aliphatic carbocycles. The number of allylic oxidation sites excluding steroid dienone is 3. The SMILES string of the molecule is COc1ccc(OCc2cc(C)cc(C3C(C#N)=C(N)N(c4ccccc4F)C4=C3C(=O)CC(C)(C)C4)c2C)cc1. The van der Waals surface area contributed by atoms with Crippen molar-refractivity contribution in [3.8, 4) is 17.6 Å². The van der Waals surface area contributed by atoms with Gasteiger partial charge in [-0.15, -0.1) is 0 Å². The van der Waals surface area contributed by atoms with Gasteiger partial charge in [0, 0.05) is 17.7 Å². The van der Waals surface area contributed by atoms with Crippen LogP contribution in [0.2, 0.25) is 0 Å². The van der Waals surface area contributed by atoms with Crippen LogP contribution in [0.1, 0.15) is 54.9 Å².